The van der Waals surface area contributed by atoms with Crippen molar-refractivity contribution in [2.45, 2.75) is 0 Å². The fourth-order valence-electron chi connectivity index (χ4n) is 2.65. The van der Waals surface area contributed by atoms with Crippen LogP contribution < -0.4 is 9.64 Å². The Morgan fingerprint density at radius 2 is 2.00 bits per heavy atom. The van der Waals surface area contributed by atoms with Gasteiger partial charge in [-0.3, -0.25) is 4.99 Å². The highest BCUT2D eigenvalue weighted by Gasteiger charge is 2.12. The molecule has 0 radical (unpaired) electrons. The molecule has 0 aromatic heterocycles. The number of carboxylic acids is 1. The van der Waals surface area contributed by atoms with Crippen LogP contribution in [0.2, 0.25) is 5.02 Å². The molecule has 1 aliphatic rings. The summed E-state index contributed by atoms with van der Waals surface area (Å²) in [4.78, 5) is 17.4. The van der Waals surface area contributed by atoms with Crippen LogP contribution in [0.4, 0.5) is 11.4 Å². The van der Waals surface area contributed by atoms with E-state index in [2.05, 4.69) is 25.8 Å². The largest absolute Gasteiger partial charge is 0.479 e. The molecular weight excluding hydrogens is 436 g/mol. The summed E-state index contributed by atoms with van der Waals surface area (Å²) in [6.07, 6.45) is 1.70. The van der Waals surface area contributed by atoms with Gasteiger partial charge in [0.1, 0.15) is 0 Å². The fourth-order valence-corrected chi connectivity index (χ4v) is 3.63. The zero-order valence-electron chi connectivity index (χ0n) is 14.4. The topological polar surface area (TPSA) is 71.4 Å². The van der Waals surface area contributed by atoms with E-state index in [1.807, 2.05) is 24.3 Å². The van der Waals surface area contributed by atoms with E-state index in [9.17, 15) is 4.79 Å². The number of carboxylic acid groups (broad SMARTS) is 1. The van der Waals surface area contributed by atoms with Crippen LogP contribution in [0.25, 0.3) is 0 Å². The predicted octanol–water partition coefficient (Wildman–Crippen LogP) is 4.15. The van der Waals surface area contributed by atoms with Crippen LogP contribution in [0.1, 0.15) is 5.56 Å². The van der Waals surface area contributed by atoms with Gasteiger partial charge in [-0.05, 0) is 57.9 Å². The van der Waals surface area contributed by atoms with Crippen LogP contribution in [0, 0.1) is 0 Å². The van der Waals surface area contributed by atoms with Gasteiger partial charge in [0.05, 0.1) is 28.4 Å². The summed E-state index contributed by atoms with van der Waals surface area (Å²) in [6.45, 7) is 2.83. The first kappa shape index (κ1) is 19.7. The molecule has 8 heteroatoms. The van der Waals surface area contributed by atoms with Crippen molar-refractivity contribution in [3.63, 3.8) is 0 Å². The number of morpholine rings is 1. The lowest BCUT2D eigenvalue weighted by atomic mass is 10.2. The van der Waals surface area contributed by atoms with Crippen molar-refractivity contribution in [1.29, 1.82) is 0 Å². The summed E-state index contributed by atoms with van der Waals surface area (Å²) in [6, 6.07) is 11.5. The van der Waals surface area contributed by atoms with Gasteiger partial charge in [-0.1, -0.05) is 11.6 Å². The second-order valence-electron chi connectivity index (χ2n) is 5.87. The minimum Gasteiger partial charge on any atom is -0.479 e. The molecule has 1 saturated heterocycles. The van der Waals surface area contributed by atoms with Crippen LogP contribution in [-0.2, 0) is 9.53 Å². The maximum Gasteiger partial charge on any atom is 0.341 e. The third-order valence-corrected chi connectivity index (χ3v) is 4.82. The molecule has 1 aliphatic heterocycles. The van der Waals surface area contributed by atoms with Crippen LogP contribution in [0.5, 0.6) is 5.75 Å². The van der Waals surface area contributed by atoms with Gasteiger partial charge < -0.3 is 19.5 Å². The van der Waals surface area contributed by atoms with E-state index in [4.69, 9.17) is 26.2 Å². The molecule has 0 bridgehead atoms. The second kappa shape index (κ2) is 9.21. The van der Waals surface area contributed by atoms with Crippen molar-refractivity contribution < 1.29 is 19.4 Å². The molecule has 0 atom stereocenters. The van der Waals surface area contributed by atoms with Crippen LogP contribution in [-0.4, -0.2) is 50.2 Å². The molecular formula is C19H18BrClN2O4. The average molecular weight is 454 g/mol. The molecule has 0 saturated carbocycles. The third-order valence-electron chi connectivity index (χ3n) is 3.95. The van der Waals surface area contributed by atoms with Crippen LogP contribution >= 0.6 is 27.5 Å². The molecule has 1 heterocycles. The lowest BCUT2D eigenvalue weighted by Crippen LogP contribution is -2.36. The average Bonchev–Trinajstić information content (AvgIpc) is 2.66. The Labute approximate surface area is 170 Å². The molecule has 1 N–H and O–H groups in total. The van der Waals surface area contributed by atoms with E-state index in [1.54, 1.807) is 18.3 Å². The summed E-state index contributed by atoms with van der Waals surface area (Å²) in [5, 5.41) is 9.02. The lowest BCUT2D eigenvalue weighted by molar-refractivity contribution is -0.139. The first-order valence-corrected chi connectivity index (χ1v) is 9.50. The van der Waals surface area contributed by atoms with E-state index in [0.29, 0.717) is 15.2 Å². The zero-order valence-corrected chi connectivity index (χ0v) is 16.7. The highest BCUT2D eigenvalue weighted by molar-refractivity contribution is 9.10. The number of halogens is 2. The smallest absolute Gasteiger partial charge is 0.341 e. The number of benzene rings is 2. The van der Waals surface area contributed by atoms with Crippen LogP contribution in [0.3, 0.4) is 0 Å². The number of hydrogen-bond acceptors (Lipinski definition) is 5. The Morgan fingerprint density at radius 1 is 1.30 bits per heavy atom. The Morgan fingerprint density at radius 3 is 2.63 bits per heavy atom. The van der Waals surface area contributed by atoms with E-state index in [1.165, 1.54) is 0 Å². The summed E-state index contributed by atoms with van der Waals surface area (Å²) in [5.41, 5.74) is 2.75. The number of anilines is 1. The van der Waals surface area contributed by atoms with Gasteiger partial charge >= 0.3 is 5.97 Å². The summed E-state index contributed by atoms with van der Waals surface area (Å²) >= 11 is 9.53. The Kier molecular flexibility index (Phi) is 6.71. The van der Waals surface area contributed by atoms with Gasteiger partial charge in [-0.2, -0.15) is 0 Å². The second-order valence-corrected chi connectivity index (χ2v) is 7.13. The maximum atomic E-state index is 10.6. The number of aliphatic imine (C=N–C) groups is 1. The zero-order chi connectivity index (χ0) is 19.2. The molecule has 0 aliphatic carbocycles. The molecule has 2 aromatic rings. The van der Waals surface area contributed by atoms with Crippen molar-refractivity contribution >= 4 is 51.1 Å². The maximum absolute atomic E-state index is 10.6. The Balaban J connectivity index is 1.69. The van der Waals surface area contributed by atoms with E-state index < -0.39 is 12.6 Å². The Bertz CT molecular complexity index is 813. The third kappa shape index (κ3) is 5.45. The molecule has 142 valence electrons. The lowest BCUT2D eigenvalue weighted by Gasteiger charge is -2.28. The summed E-state index contributed by atoms with van der Waals surface area (Å²) in [7, 11) is 0. The van der Waals surface area contributed by atoms with Gasteiger partial charge in [-0.25, -0.2) is 4.79 Å². The highest BCUT2D eigenvalue weighted by atomic mass is 79.9. The summed E-state index contributed by atoms with van der Waals surface area (Å²) in [5.74, 6) is -0.768. The molecule has 2 aromatic carbocycles. The first-order valence-electron chi connectivity index (χ1n) is 8.33. The first-order chi connectivity index (χ1) is 13.0. The van der Waals surface area contributed by atoms with Gasteiger partial charge in [-0.15, -0.1) is 0 Å². The van der Waals surface area contributed by atoms with Crippen molar-refractivity contribution in [2.24, 2.45) is 4.99 Å². The van der Waals surface area contributed by atoms with Gasteiger partial charge in [0.15, 0.2) is 12.4 Å². The van der Waals surface area contributed by atoms with E-state index >= 15 is 0 Å². The number of nitrogens with zero attached hydrogens (tertiary/aromatic N) is 2. The normalized spacial score (nSPS) is 14.5. The molecule has 0 unspecified atom stereocenters. The summed E-state index contributed by atoms with van der Waals surface area (Å²) < 4.78 is 11.1. The number of carbonyl (C=O) groups is 1. The van der Waals surface area contributed by atoms with Gasteiger partial charge in [0.25, 0.3) is 0 Å². The SMILES string of the molecule is O=C(O)COc1c(Cl)cc(C=Nc2ccc(N3CCOCC3)cc2)cc1Br. The highest BCUT2D eigenvalue weighted by Crippen LogP contribution is 2.34. The molecule has 6 nitrogen and oxygen atoms in total. The quantitative estimate of drug-likeness (QED) is 0.665. The van der Waals surface area contributed by atoms with Crippen molar-refractivity contribution in [3.05, 3.63) is 51.5 Å². The number of hydrogen-bond donors (Lipinski definition) is 1. The fraction of sp³-hybridized carbons (Fsp3) is 0.263. The molecule has 27 heavy (non-hydrogen) atoms. The monoisotopic (exact) mass is 452 g/mol. The minimum absolute atomic E-state index is 0.297. The Hall–Kier alpha value is -2.09. The number of ether oxygens (including phenoxy) is 2. The van der Waals surface area contributed by atoms with Gasteiger partial charge in [0, 0.05) is 25.0 Å². The number of aliphatic carboxylic acids is 1. The van der Waals surface area contributed by atoms with Gasteiger partial charge in [0.2, 0.25) is 0 Å². The van der Waals surface area contributed by atoms with E-state index in [0.717, 1.165) is 43.2 Å². The molecule has 0 amide bonds. The van der Waals surface area contributed by atoms with E-state index in [-0.39, 0.29) is 0 Å². The molecule has 0 spiro atoms. The van der Waals surface area contributed by atoms with Crippen molar-refractivity contribution in [2.75, 3.05) is 37.8 Å². The predicted molar refractivity (Wildman–Crippen MR) is 109 cm³/mol. The minimum atomic E-state index is -1.07. The number of rotatable bonds is 6. The molecule has 3 rings (SSSR count). The van der Waals surface area contributed by atoms with Crippen LogP contribution in [0.15, 0.2) is 45.9 Å². The van der Waals surface area contributed by atoms with Crippen molar-refractivity contribution in [1.82, 2.24) is 0 Å². The standard InChI is InChI=1S/C19H18BrClN2O4/c20-16-9-13(10-17(21)19(16)27-12-18(24)25)11-22-14-1-3-15(4-2-14)23-5-7-26-8-6-23/h1-4,9-11H,5-8,12H2,(H,24,25). The van der Waals surface area contributed by atoms with Crippen molar-refractivity contribution in [3.8, 4) is 5.75 Å². The molecule has 1 fully saturated rings.